The van der Waals surface area contributed by atoms with E-state index in [1.54, 1.807) is 10.6 Å². The number of aryl methyl sites for hydroxylation is 1. The number of aromatic nitrogens is 1. The van der Waals surface area contributed by atoms with E-state index in [0.29, 0.717) is 6.54 Å². The lowest BCUT2D eigenvalue weighted by Gasteiger charge is -2.04. The highest BCUT2D eigenvalue weighted by atomic mass is 16.1. The molecule has 0 aliphatic heterocycles. The molecule has 0 spiro atoms. The third-order valence-electron chi connectivity index (χ3n) is 2.44. The highest BCUT2D eigenvalue weighted by Gasteiger charge is 1.98. The number of benzene rings is 1. The minimum atomic E-state index is 0.0545. The number of pyridine rings is 1. The van der Waals surface area contributed by atoms with Crippen LogP contribution < -0.4 is 5.56 Å². The van der Waals surface area contributed by atoms with Crippen LogP contribution in [0.15, 0.2) is 53.5 Å². The Morgan fingerprint density at radius 1 is 1.07 bits per heavy atom. The van der Waals surface area contributed by atoms with Gasteiger partial charge >= 0.3 is 0 Å². The zero-order valence-electron chi connectivity index (χ0n) is 8.68. The molecule has 2 heteroatoms. The van der Waals surface area contributed by atoms with Crippen molar-refractivity contribution in [3.05, 3.63) is 59.0 Å². The number of hydrogen-bond acceptors (Lipinski definition) is 1. The first-order valence-electron chi connectivity index (χ1n) is 5.07. The van der Waals surface area contributed by atoms with Gasteiger partial charge in [-0.3, -0.25) is 4.79 Å². The van der Waals surface area contributed by atoms with Gasteiger partial charge < -0.3 is 4.57 Å². The zero-order valence-corrected chi connectivity index (χ0v) is 8.68. The van der Waals surface area contributed by atoms with E-state index in [4.69, 9.17) is 0 Å². The Hall–Kier alpha value is -1.83. The Morgan fingerprint density at radius 3 is 2.40 bits per heavy atom. The first kappa shape index (κ1) is 9.71. The molecule has 0 aliphatic rings. The molecule has 0 atom stereocenters. The fourth-order valence-electron chi connectivity index (χ4n) is 1.58. The van der Waals surface area contributed by atoms with Crippen molar-refractivity contribution in [3.63, 3.8) is 0 Å². The Labute approximate surface area is 88.8 Å². The van der Waals surface area contributed by atoms with Crippen LogP contribution in [0.3, 0.4) is 0 Å². The summed E-state index contributed by atoms with van der Waals surface area (Å²) in [5.41, 5.74) is 2.11. The van der Waals surface area contributed by atoms with Crippen molar-refractivity contribution in [2.45, 2.75) is 13.5 Å². The molecule has 76 valence electrons. The van der Waals surface area contributed by atoms with Crippen LogP contribution in [0.4, 0.5) is 0 Å². The fraction of sp³-hybridized carbons (Fsp3) is 0.154. The summed E-state index contributed by atoms with van der Waals surface area (Å²) in [7, 11) is 0. The molecular formula is C13H13NO. The lowest BCUT2D eigenvalue weighted by atomic mass is 10.1. The van der Waals surface area contributed by atoms with Gasteiger partial charge in [-0.1, -0.05) is 30.3 Å². The Bertz CT molecular complexity index is 499. The zero-order chi connectivity index (χ0) is 10.7. The van der Waals surface area contributed by atoms with Crippen LogP contribution >= 0.6 is 0 Å². The summed E-state index contributed by atoms with van der Waals surface area (Å²) in [6.07, 6.45) is 1.84. The van der Waals surface area contributed by atoms with Crippen LogP contribution in [-0.2, 0) is 6.54 Å². The first-order chi connectivity index (χ1) is 7.31. The molecular weight excluding hydrogens is 186 g/mol. The molecule has 0 saturated carbocycles. The third kappa shape index (κ3) is 1.99. The smallest absolute Gasteiger partial charge is 0.251 e. The molecule has 0 bridgehead atoms. The van der Waals surface area contributed by atoms with E-state index in [0.717, 1.165) is 11.1 Å². The van der Waals surface area contributed by atoms with Crippen LogP contribution in [0.2, 0.25) is 0 Å². The van der Waals surface area contributed by atoms with Gasteiger partial charge in [0, 0.05) is 18.8 Å². The topological polar surface area (TPSA) is 22.0 Å². The summed E-state index contributed by atoms with van der Waals surface area (Å²) in [5.74, 6) is 0. The maximum Gasteiger partial charge on any atom is 0.251 e. The summed E-state index contributed by atoms with van der Waals surface area (Å²) >= 11 is 0. The molecule has 2 nitrogen and oxygen atoms in total. The van der Waals surface area contributed by atoms with E-state index in [1.807, 2.05) is 49.5 Å². The predicted octanol–water partition coefficient (Wildman–Crippen LogP) is 2.54. The number of hydrogen-bond donors (Lipinski definition) is 0. The van der Waals surface area contributed by atoms with Crippen LogP contribution in [0.5, 0.6) is 0 Å². The molecule has 0 fully saturated rings. The van der Waals surface area contributed by atoms with Crippen LogP contribution in [0.1, 0.15) is 6.92 Å². The third-order valence-corrected chi connectivity index (χ3v) is 2.44. The number of nitrogens with zero attached hydrogens (tertiary/aromatic N) is 1. The maximum atomic E-state index is 11.6. The largest absolute Gasteiger partial charge is 0.316 e. The molecule has 0 N–H and O–H groups in total. The fourth-order valence-corrected chi connectivity index (χ4v) is 1.58. The van der Waals surface area contributed by atoms with Crippen molar-refractivity contribution >= 4 is 0 Å². The SMILES string of the molecule is CCn1ccc(-c2ccccc2)cc1=O. The predicted molar refractivity (Wildman–Crippen MR) is 61.8 cm³/mol. The summed E-state index contributed by atoms with van der Waals surface area (Å²) in [4.78, 5) is 11.6. The van der Waals surface area contributed by atoms with Crippen molar-refractivity contribution in [2.24, 2.45) is 0 Å². The number of rotatable bonds is 2. The molecule has 1 aromatic heterocycles. The second-order valence-corrected chi connectivity index (χ2v) is 3.41. The second-order valence-electron chi connectivity index (χ2n) is 3.41. The van der Waals surface area contributed by atoms with Crippen molar-refractivity contribution in [3.8, 4) is 11.1 Å². The maximum absolute atomic E-state index is 11.6. The molecule has 1 heterocycles. The molecule has 0 aliphatic carbocycles. The lowest BCUT2D eigenvalue weighted by molar-refractivity contribution is 0.728. The van der Waals surface area contributed by atoms with E-state index in [1.165, 1.54) is 0 Å². The molecule has 0 amide bonds. The van der Waals surface area contributed by atoms with Gasteiger partial charge in [0.15, 0.2) is 0 Å². The molecule has 15 heavy (non-hydrogen) atoms. The normalized spacial score (nSPS) is 10.2. The quantitative estimate of drug-likeness (QED) is 0.728. The molecule has 0 unspecified atom stereocenters. The van der Waals surface area contributed by atoms with Crippen molar-refractivity contribution in [1.82, 2.24) is 4.57 Å². The average Bonchev–Trinajstić information content (AvgIpc) is 2.30. The Kier molecular flexibility index (Phi) is 2.68. The highest BCUT2D eigenvalue weighted by Crippen LogP contribution is 2.15. The molecule has 0 saturated heterocycles. The summed E-state index contributed by atoms with van der Waals surface area (Å²) < 4.78 is 1.69. The monoisotopic (exact) mass is 199 g/mol. The average molecular weight is 199 g/mol. The lowest BCUT2D eigenvalue weighted by Crippen LogP contribution is -2.16. The summed E-state index contributed by atoms with van der Waals surface area (Å²) in [6.45, 7) is 2.68. The molecule has 1 aromatic carbocycles. The minimum Gasteiger partial charge on any atom is -0.316 e. The van der Waals surface area contributed by atoms with Crippen LogP contribution in [0.25, 0.3) is 11.1 Å². The summed E-state index contributed by atoms with van der Waals surface area (Å²) in [6, 6.07) is 13.6. The van der Waals surface area contributed by atoms with E-state index < -0.39 is 0 Å². The van der Waals surface area contributed by atoms with Crippen molar-refractivity contribution in [1.29, 1.82) is 0 Å². The van der Waals surface area contributed by atoms with Crippen molar-refractivity contribution < 1.29 is 0 Å². The van der Waals surface area contributed by atoms with Gasteiger partial charge in [0.1, 0.15) is 0 Å². The van der Waals surface area contributed by atoms with E-state index in [2.05, 4.69) is 0 Å². The van der Waals surface area contributed by atoms with E-state index in [9.17, 15) is 4.79 Å². The second kappa shape index (κ2) is 4.13. The molecule has 2 aromatic rings. The van der Waals surface area contributed by atoms with Crippen molar-refractivity contribution in [2.75, 3.05) is 0 Å². The Balaban J connectivity index is 2.48. The minimum absolute atomic E-state index is 0.0545. The summed E-state index contributed by atoms with van der Waals surface area (Å²) in [5, 5.41) is 0. The first-order valence-corrected chi connectivity index (χ1v) is 5.07. The van der Waals surface area contributed by atoms with Gasteiger partial charge in [-0.15, -0.1) is 0 Å². The van der Waals surface area contributed by atoms with E-state index >= 15 is 0 Å². The standard InChI is InChI=1S/C13H13NO/c1-2-14-9-8-12(10-13(14)15)11-6-4-3-5-7-11/h3-10H,2H2,1H3. The van der Waals surface area contributed by atoms with E-state index in [-0.39, 0.29) is 5.56 Å². The van der Waals surface area contributed by atoms with Gasteiger partial charge in [0.2, 0.25) is 0 Å². The molecule has 2 rings (SSSR count). The van der Waals surface area contributed by atoms with Gasteiger partial charge in [-0.25, -0.2) is 0 Å². The highest BCUT2D eigenvalue weighted by molar-refractivity contribution is 5.62. The van der Waals surface area contributed by atoms with Gasteiger partial charge in [-0.05, 0) is 24.1 Å². The molecule has 0 radical (unpaired) electrons. The van der Waals surface area contributed by atoms with Gasteiger partial charge in [0.05, 0.1) is 0 Å². The van der Waals surface area contributed by atoms with Crippen LogP contribution in [-0.4, -0.2) is 4.57 Å². The van der Waals surface area contributed by atoms with Crippen LogP contribution in [0, 0.1) is 0 Å². The van der Waals surface area contributed by atoms with Gasteiger partial charge in [0.25, 0.3) is 5.56 Å². The van der Waals surface area contributed by atoms with Gasteiger partial charge in [-0.2, -0.15) is 0 Å². The Morgan fingerprint density at radius 2 is 1.80 bits per heavy atom.